The molecule has 0 radical (unpaired) electrons. The third-order valence-corrected chi connectivity index (χ3v) is 3.50. The number of nitrogens with two attached hydrogens (primary N) is 1. The van der Waals surface area contributed by atoms with E-state index >= 15 is 0 Å². The van der Waals surface area contributed by atoms with Crippen molar-refractivity contribution < 1.29 is 4.79 Å². The molecular weight excluding hydrogens is 228 g/mol. The fourth-order valence-electron chi connectivity index (χ4n) is 2.16. The molecule has 1 amide bonds. The molecule has 1 heterocycles. The molecule has 0 aromatic carbocycles. The molecule has 0 bridgehead atoms. The van der Waals surface area contributed by atoms with E-state index in [9.17, 15) is 4.79 Å². The van der Waals surface area contributed by atoms with Crippen molar-refractivity contribution in [2.75, 3.05) is 59.9 Å². The molecule has 106 valence electrons. The van der Waals surface area contributed by atoms with E-state index in [-0.39, 0.29) is 5.91 Å². The van der Waals surface area contributed by atoms with Gasteiger partial charge >= 0.3 is 0 Å². The van der Waals surface area contributed by atoms with Crippen molar-refractivity contribution in [1.29, 1.82) is 0 Å². The van der Waals surface area contributed by atoms with Gasteiger partial charge in [-0.25, -0.2) is 0 Å². The number of unbranched alkanes of at least 4 members (excludes halogenated alkanes) is 2. The van der Waals surface area contributed by atoms with Crippen LogP contribution in [0.1, 0.15) is 19.3 Å². The van der Waals surface area contributed by atoms with Gasteiger partial charge in [0.2, 0.25) is 5.91 Å². The van der Waals surface area contributed by atoms with Crippen molar-refractivity contribution >= 4 is 5.91 Å². The highest BCUT2D eigenvalue weighted by atomic mass is 16.2. The molecule has 1 aliphatic heterocycles. The molecule has 1 fully saturated rings. The zero-order valence-electron chi connectivity index (χ0n) is 11.9. The molecule has 5 heteroatoms. The largest absolute Gasteiger partial charge is 0.348 e. The maximum Gasteiger partial charge on any atom is 0.236 e. The van der Waals surface area contributed by atoms with Gasteiger partial charge in [0.15, 0.2) is 0 Å². The van der Waals surface area contributed by atoms with Crippen LogP contribution in [0.5, 0.6) is 0 Å². The zero-order valence-corrected chi connectivity index (χ0v) is 11.9. The highest BCUT2D eigenvalue weighted by Gasteiger charge is 2.18. The highest BCUT2D eigenvalue weighted by molar-refractivity contribution is 5.77. The molecule has 0 unspecified atom stereocenters. The molecule has 5 nitrogen and oxygen atoms in total. The Morgan fingerprint density at radius 1 is 1.06 bits per heavy atom. The average molecular weight is 256 g/mol. The average Bonchev–Trinajstić information content (AvgIpc) is 2.36. The van der Waals surface area contributed by atoms with Crippen LogP contribution in [0.15, 0.2) is 0 Å². The second kappa shape index (κ2) is 8.45. The Kier molecular flexibility index (Phi) is 7.23. The predicted octanol–water partition coefficient (Wildman–Crippen LogP) is -0.179. The Bertz CT molecular complexity index is 237. The molecule has 0 saturated carbocycles. The molecule has 0 spiro atoms. The van der Waals surface area contributed by atoms with Crippen LogP contribution >= 0.6 is 0 Å². The standard InChI is InChI=1S/C13H28N4O/c1-15(2)13(18)12-17-10-8-16(9-11-17)7-5-3-4-6-14/h3-12,14H2,1-2H3. The summed E-state index contributed by atoms with van der Waals surface area (Å²) in [5.74, 6) is 0.200. The first kappa shape index (κ1) is 15.4. The molecule has 0 aliphatic carbocycles. The normalized spacial score (nSPS) is 17.9. The predicted molar refractivity (Wildman–Crippen MR) is 74.5 cm³/mol. The summed E-state index contributed by atoms with van der Waals surface area (Å²) >= 11 is 0. The number of hydrogen-bond donors (Lipinski definition) is 1. The quantitative estimate of drug-likeness (QED) is 0.642. The lowest BCUT2D eigenvalue weighted by Crippen LogP contribution is -2.49. The maximum absolute atomic E-state index is 11.6. The monoisotopic (exact) mass is 256 g/mol. The van der Waals surface area contributed by atoms with Gasteiger partial charge in [0, 0.05) is 40.3 Å². The zero-order chi connectivity index (χ0) is 13.4. The van der Waals surface area contributed by atoms with E-state index < -0.39 is 0 Å². The second-order valence-corrected chi connectivity index (χ2v) is 5.26. The Labute approximate surface area is 111 Å². The van der Waals surface area contributed by atoms with Crippen LogP contribution in [0, 0.1) is 0 Å². The van der Waals surface area contributed by atoms with Gasteiger partial charge in [-0.3, -0.25) is 9.69 Å². The minimum Gasteiger partial charge on any atom is -0.348 e. The lowest BCUT2D eigenvalue weighted by molar-refractivity contribution is -0.130. The Morgan fingerprint density at radius 2 is 1.67 bits per heavy atom. The van der Waals surface area contributed by atoms with Crippen molar-refractivity contribution in [3.63, 3.8) is 0 Å². The molecular formula is C13H28N4O. The summed E-state index contributed by atoms with van der Waals surface area (Å²) in [5, 5.41) is 0. The van der Waals surface area contributed by atoms with Crippen molar-refractivity contribution in [3.05, 3.63) is 0 Å². The van der Waals surface area contributed by atoms with Gasteiger partial charge in [-0.2, -0.15) is 0 Å². The van der Waals surface area contributed by atoms with Crippen LogP contribution in [-0.2, 0) is 4.79 Å². The van der Waals surface area contributed by atoms with Gasteiger partial charge in [-0.1, -0.05) is 6.42 Å². The smallest absolute Gasteiger partial charge is 0.236 e. The van der Waals surface area contributed by atoms with Crippen LogP contribution in [0.3, 0.4) is 0 Å². The van der Waals surface area contributed by atoms with E-state index in [4.69, 9.17) is 5.73 Å². The number of nitrogens with zero attached hydrogens (tertiary/aromatic N) is 3. The fraction of sp³-hybridized carbons (Fsp3) is 0.923. The van der Waals surface area contributed by atoms with Crippen molar-refractivity contribution in [2.24, 2.45) is 5.73 Å². The molecule has 2 N–H and O–H groups in total. The van der Waals surface area contributed by atoms with Crippen LogP contribution in [0.2, 0.25) is 0 Å². The van der Waals surface area contributed by atoms with E-state index in [1.54, 1.807) is 4.90 Å². The molecule has 1 rings (SSSR count). The number of piperazine rings is 1. The fourth-order valence-corrected chi connectivity index (χ4v) is 2.16. The minimum atomic E-state index is 0.200. The summed E-state index contributed by atoms with van der Waals surface area (Å²) in [6.45, 7) is 6.74. The summed E-state index contributed by atoms with van der Waals surface area (Å²) in [6, 6.07) is 0. The summed E-state index contributed by atoms with van der Waals surface area (Å²) in [5.41, 5.74) is 5.48. The Hall–Kier alpha value is -0.650. The molecule has 0 aromatic rings. The number of hydrogen-bond acceptors (Lipinski definition) is 4. The van der Waals surface area contributed by atoms with Crippen LogP contribution in [0.25, 0.3) is 0 Å². The Morgan fingerprint density at radius 3 is 2.22 bits per heavy atom. The Balaban J connectivity index is 2.11. The first-order chi connectivity index (χ1) is 8.63. The molecule has 0 atom stereocenters. The lowest BCUT2D eigenvalue weighted by Gasteiger charge is -2.34. The SMILES string of the molecule is CN(C)C(=O)CN1CCN(CCCCCN)CC1. The van der Waals surface area contributed by atoms with Crippen LogP contribution in [-0.4, -0.2) is 80.5 Å². The summed E-state index contributed by atoms with van der Waals surface area (Å²) in [4.78, 5) is 18.0. The number of carbonyl (C=O) groups is 1. The molecule has 0 aromatic heterocycles. The van der Waals surface area contributed by atoms with E-state index in [0.717, 1.165) is 39.1 Å². The maximum atomic E-state index is 11.6. The van der Waals surface area contributed by atoms with Gasteiger partial charge in [0.1, 0.15) is 0 Å². The number of likely N-dealkylation sites (N-methyl/N-ethyl adjacent to an activating group) is 1. The van der Waals surface area contributed by atoms with E-state index in [2.05, 4.69) is 9.80 Å². The highest BCUT2D eigenvalue weighted by Crippen LogP contribution is 2.04. The van der Waals surface area contributed by atoms with E-state index in [1.807, 2.05) is 14.1 Å². The number of carbonyl (C=O) groups excluding carboxylic acids is 1. The summed E-state index contributed by atoms with van der Waals surface area (Å²) in [6.07, 6.45) is 3.61. The summed E-state index contributed by atoms with van der Waals surface area (Å²) in [7, 11) is 3.63. The van der Waals surface area contributed by atoms with Crippen LogP contribution in [0.4, 0.5) is 0 Å². The minimum absolute atomic E-state index is 0.200. The summed E-state index contributed by atoms with van der Waals surface area (Å²) < 4.78 is 0. The second-order valence-electron chi connectivity index (χ2n) is 5.26. The first-order valence-corrected chi connectivity index (χ1v) is 6.98. The van der Waals surface area contributed by atoms with Crippen molar-refractivity contribution in [2.45, 2.75) is 19.3 Å². The first-order valence-electron chi connectivity index (χ1n) is 6.98. The van der Waals surface area contributed by atoms with E-state index in [1.165, 1.54) is 19.4 Å². The van der Waals surface area contributed by atoms with Crippen molar-refractivity contribution in [3.8, 4) is 0 Å². The lowest BCUT2D eigenvalue weighted by atomic mass is 10.2. The molecule has 1 aliphatic rings. The van der Waals surface area contributed by atoms with Gasteiger partial charge in [-0.05, 0) is 25.9 Å². The third kappa shape index (κ3) is 5.80. The van der Waals surface area contributed by atoms with Gasteiger partial charge < -0.3 is 15.5 Å². The third-order valence-electron chi connectivity index (χ3n) is 3.50. The van der Waals surface area contributed by atoms with Crippen LogP contribution < -0.4 is 5.73 Å². The topological polar surface area (TPSA) is 52.8 Å². The van der Waals surface area contributed by atoms with Gasteiger partial charge in [0.25, 0.3) is 0 Å². The molecule has 1 saturated heterocycles. The molecule has 18 heavy (non-hydrogen) atoms. The number of rotatable bonds is 7. The van der Waals surface area contributed by atoms with E-state index in [0.29, 0.717) is 6.54 Å². The van der Waals surface area contributed by atoms with Gasteiger partial charge in [-0.15, -0.1) is 0 Å². The van der Waals surface area contributed by atoms with Crippen molar-refractivity contribution in [1.82, 2.24) is 14.7 Å². The van der Waals surface area contributed by atoms with Gasteiger partial charge in [0.05, 0.1) is 6.54 Å². The number of amides is 1.